The number of carbonyl (C=O) groups is 1. The first-order valence-electron chi connectivity index (χ1n) is 3.80. The highest BCUT2D eigenvalue weighted by atomic mass is 16.1. The fraction of sp³-hybridized carbons (Fsp3) is 0.429. The summed E-state index contributed by atoms with van der Waals surface area (Å²) < 4.78 is 1.51. The minimum absolute atomic E-state index is 0.217. The molecule has 0 radical (unpaired) electrons. The van der Waals surface area contributed by atoms with E-state index in [9.17, 15) is 4.79 Å². The van der Waals surface area contributed by atoms with Crippen molar-refractivity contribution in [2.24, 2.45) is 7.05 Å². The highest BCUT2D eigenvalue weighted by Crippen LogP contribution is 2.04. The van der Waals surface area contributed by atoms with Gasteiger partial charge in [-0.25, -0.2) is 4.68 Å². The molecule has 0 saturated heterocycles. The van der Waals surface area contributed by atoms with E-state index in [2.05, 4.69) is 27.4 Å². The molecule has 0 bridgehead atoms. The van der Waals surface area contributed by atoms with Crippen LogP contribution in [0.15, 0.2) is 12.7 Å². The predicted octanol–water partition coefficient (Wildman–Crippen LogP) is -0.427. The molecule has 0 spiro atoms. The minimum atomic E-state index is -0.240. The molecule has 1 rings (SSSR count). The number of aromatic nitrogens is 4. The monoisotopic (exact) mass is 181 g/mol. The van der Waals surface area contributed by atoms with Gasteiger partial charge in [0.05, 0.1) is 6.04 Å². The van der Waals surface area contributed by atoms with Gasteiger partial charge in [-0.1, -0.05) is 6.58 Å². The van der Waals surface area contributed by atoms with Crippen LogP contribution in [-0.4, -0.2) is 26.1 Å². The summed E-state index contributed by atoms with van der Waals surface area (Å²) in [4.78, 5) is 10.9. The SMILES string of the molecule is C=CC(=O)NC(C)c1nnnn1C. The molecule has 70 valence electrons. The maximum Gasteiger partial charge on any atom is 0.243 e. The average molecular weight is 181 g/mol. The van der Waals surface area contributed by atoms with Crippen LogP contribution in [0.2, 0.25) is 0 Å². The lowest BCUT2D eigenvalue weighted by Crippen LogP contribution is -2.26. The number of rotatable bonds is 3. The second-order valence-electron chi connectivity index (χ2n) is 2.60. The summed E-state index contributed by atoms with van der Waals surface area (Å²) in [7, 11) is 1.71. The summed E-state index contributed by atoms with van der Waals surface area (Å²) >= 11 is 0. The second kappa shape index (κ2) is 3.79. The van der Waals surface area contributed by atoms with Crippen molar-refractivity contribution >= 4 is 5.91 Å². The molecule has 1 aromatic heterocycles. The molecule has 1 N–H and O–H groups in total. The van der Waals surface area contributed by atoms with Crippen LogP contribution >= 0.6 is 0 Å². The summed E-state index contributed by atoms with van der Waals surface area (Å²) in [5, 5.41) is 13.5. The lowest BCUT2D eigenvalue weighted by molar-refractivity contribution is -0.117. The molecule has 1 unspecified atom stereocenters. The van der Waals surface area contributed by atoms with Crippen LogP contribution in [0.4, 0.5) is 0 Å². The fourth-order valence-electron chi connectivity index (χ4n) is 0.940. The van der Waals surface area contributed by atoms with E-state index in [-0.39, 0.29) is 11.9 Å². The summed E-state index contributed by atoms with van der Waals surface area (Å²) in [5.41, 5.74) is 0. The molecule has 1 amide bonds. The van der Waals surface area contributed by atoms with Gasteiger partial charge in [-0.05, 0) is 23.4 Å². The highest BCUT2D eigenvalue weighted by Gasteiger charge is 2.12. The number of tetrazole rings is 1. The fourth-order valence-corrected chi connectivity index (χ4v) is 0.940. The molecule has 6 heteroatoms. The van der Waals surface area contributed by atoms with Gasteiger partial charge in [0.25, 0.3) is 0 Å². The molecule has 6 nitrogen and oxygen atoms in total. The van der Waals surface area contributed by atoms with Crippen molar-refractivity contribution in [2.45, 2.75) is 13.0 Å². The molecule has 13 heavy (non-hydrogen) atoms. The topological polar surface area (TPSA) is 72.7 Å². The first kappa shape index (κ1) is 9.37. The van der Waals surface area contributed by atoms with Crippen molar-refractivity contribution in [1.29, 1.82) is 0 Å². The third-order valence-corrected chi connectivity index (χ3v) is 1.58. The van der Waals surface area contributed by atoms with E-state index in [0.717, 1.165) is 0 Å². The van der Waals surface area contributed by atoms with Gasteiger partial charge in [0.1, 0.15) is 0 Å². The first-order chi connectivity index (χ1) is 6.15. The standard InChI is InChI=1S/C7H11N5O/c1-4-6(13)8-5(2)7-9-10-11-12(7)3/h4-5H,1H2,2-3H3,(H,8,13). The van der Waals surface area contributed by atoms with Gasteiger partial charge < -0.3 is 5.32 Å². The number of hydrogen-bond donors (Lipinski definition) is 1. The van der Waals surface area contributed by atoms with Crippen LogP contribution in [-0.2, 0) is 11.8 Å². The maximum absolute atomic E-state index is 10.9. The van der Waals surface area contributed by atoms with Gasteiger partial charge in [-0.15, -0.1) is 5.10 Å². The number of carbonyl (C=O) groups excluding carboxylic acids is 1. The first-order valence-corrected chi connectivity index (χ1v) is 3.80. The number of hydrogen-bond acceptors (Lipinski definition) is 4. The normalized spacial score (nSPS) is 12.2. The van der Waals surface area contributed by atoms with E-state index in [1.165, 1.54) is 10.8 Å². The maximum atomic E-state index is 10.9. The second-order valence-corrected chi connectivity index (χ2v) is 2.60. The Labute approximate surface area is 75.6 Å². The third-order valence-electron chi connectivity index (χ3n) is 1.58. The van der Waals surface area contributed by atoms with Crippen LogP contribution in [0.3, 0.4) is 0 Å². The Kier molecular flexibility index (Phi) is 2.73. The Morgan fingerprint density at radius 3 is 2.92 bits per heavy atom. The predicted molar refractivity (Wildman–Crippen MR) is 45.6 cm³/mol. The minimum Gasteiger partial charge on any atom is -0.343 e. The van der Waals surface area contributed by atoms with Crippen molar-refractivity contribution in [3.8, 4) is 0 Å². The average Bonchev–Trinajstić information content (AvgIpc) is 2.51. The molecular formula is C7H11N5O. The molecule has 1 aromatic rings. The Bertz CT molecular complexity index is 318. The van der Waals surface area contributed by atoms with Crippen molar-refractivity contribution in [2.75, 3.05) is 0 Å². The number of nitrogens with one attached hydrogen (secondary N) is 1. The molecular weight excluding hydrogens is 170 g/mol. The quantitative estimate of drug-likeness (QED) is 0.642. The molecule has 1 heterocycles. The molecule has 1 atom stereocenters. The smallest absolute Gasteiger partial charge is 0.243 e. The zero-order chi connectivity index (χ0) is 9.84. The van der Waals surface area contributed by atoms with Crippen molar-refractivity contribution < 1.29 is 4.79 Å². The highest BCUT2D eigenvalue weighted by molar-refractivity contribution is 5.87. The van der Waals surface area contributed by atoms with E-state index in [1.807, 2.05) is 0 Å². The molecule has 0 aliphatic heterocycles. The van der Waals surface area contributed by atoms with Gasteiger partial charge in [-0.2, -0.15) is 0 Å². The van der Waals surface area contributed by atoms with E-state index < -0.39 is 0 Å². The zero-order valence-corrected chi connectivity index (χ0v) is 7.56. The summed E-state index contributed by atoms with van der Waals surface area (Å²) in [6, 6.07) is -0.217. The van der Waals surface area contributed by atoms with E-state index in [0.29, 0.717) is 5.82 Å². The Hall–Kier alpha value is -1.72. The van der Waals surface area contributed by atoms with Crippen molar-refractivity contribution in [1.82, 2.24) is 25.5 Å². The molecule has 0 aromatic carbocycles. The van der Waals surface area contributed by atoms with Crippen LogP contribution in [0.1, 0.15) is 18.8 Å². The molecule has 0 fully saturated rings. The Balaban J connectivity index is 2.68. The van der Waals surface area contributed by atoms with Crippen molar-refractivity contribution in [3.63, 3.8) is 0 Å². The summed E-state index contributed by atoms with van der Waals surface area (Å²) in [6.07, 6.45) is 1.21. The van der Waals surface area contributed by atoms with Crippen molar-refractivity contribution in [3.05, 3.63) is 18.5 Å². The van der Waals surface area contributed by atoms with Gasteiger partial charge in [0, 0.05) is 7.05 Å². The Morgan fingerprint density at radius 1 is 1.77 bits per heavy atom. The van der Waals surface area contributed by atoms with E-state index >= 15 is 0 Å². The van der Waals surface area contributed by atoms with Gasteiger partial charge >= 0.3 is 0 Å². The number of aryl methyl sites for hydroxylation is 1. The van der Waals surface area contributed by atoms with Gasteiger partial charge in [0.2, 0.25) is 5.91 Å². The zero-order valence-electron chi connectivity index (χ0n) is 7.56. The third kappa shape index (κ3) is 2.11. The van der Waals surface area contributed by atoms with E-state index in [1.54, 1.807) is 14.0 Å². The molecule has 0 aliphatic carbocycles. The van der Waals surface area contributed by atoms with Gasteiger partial charge in [0.15, 0.2) is 5.82 Å². The van der Waals surface area contributed by atoms with Crippen LogP contribution in [0.25, 0.3) is 0 Å². The van der Waals surface area contributed by atoms with E-state index in [4.69, 9.17) is 0 Å². The van der Waals surface area contributed by atoms with Crippen LogP contribution < -0.4 is 5.32 Å². The number of nitrogens with zero attached hydrogens (tertiary/aromatic N) is 4. The lowest BCUT2D eigenvalue weighted by Gasteiger charge is -2.09. The molecule has 0 saturated carbocycles. The van der Waals surface area contributed by atoms with Crippen LogP contribution in [0.5, 0.6) is 0 Å². The largest absolute Gasteiger partial charge is 0.343 e. The van der Waals surface area contributed by atoms with Crippen LogP contribution in [0, 0.1) is 0 Å². The number of amides is 1. The Morgan fingerprint density at radius 2 is 2.46 bits per heavy atom. The van der Waals surface area contributed by atoms with Gasteiger partial charge in [-0.3, -0.25) is 4.79 Å². The summed E-state index contributed by atoms with van der Waals surface area (Å²) in [5.74, 6) is 0.366. The summed E-state index contributed by atoms with van der Waals surface area (Å²) in [6.45, 7) is 5.15. The lowest BCUT2D eigenvalue weighted by atomic mass is 10.3. The molecule has 0 aliphatic rings.